The summed E-state index contributed by atoms with van der Waals surface area (Å²) in [4.78, 5) is 11.6. The van der Waals surface area contributed by atoms with Gasteiger partial charge in [-0.2, -0.15) is 5.26 Å². The summed E-state index contributed by atoms with van der Waals surface area (Å²) in [6.45, 7) is 0. The lowest BCUT2D eigenvalue weighted by atomic mass is 9.69. The number of carbonyl (C=O) groups is 1. The molecule has 0 atom stereocenters. The molecule has 0 unspecified atom stereocenters. The first-order valence-electron chi connectivity index (χ1n) is 4.37. The van der Waals surface area contributed by atoms with Gasteiger partial charge in [0, 0.05) is 6.42 Å². The number of fused-ring (bicyclic) bond motifs is 3. The number of hydrogen-bond acceptors (Lipinski definition) is 3. The smallest absolute Gasteiger partial charge is 0.150 e. The third kappa shape index (κ3) is 1.06. The molecule has 3 aliphatic rings. The van der Waals surface area contributed by atoms with E-state index in [-0.39, 0.29) is 4.75 Å². The molecule has 2 bridgehead atoms. The van der Waals surface area contributed by atoms with Gasteiger partial charge in [-0.05, 0) is 43.4 Å². The average molecular weight is 181 g/mol. The Bertz CT molecular complexity index is 248. The predicted molar refractivity (Wildman–Crippen MR) is 47.5 cm³/mol. The normalized spacial score (nSPS) is 39.6. The van der Waals surface area contributed by atoms with Gasteiger partial charge in [-0.3, -0.25) is 4.79 Å². The van der Waals surface area contributed by atoms with Crippen molar-refractivity contribution in [2.45, 2.75) is 36.9 Å². The van der Waals surface area contributed by atoms with Crippen molar-refractivity contribution >= 4 is 17.5 Å². The lowest BCUT2D eigenvalue weighted by Gasteiger charge is -2.42. The van der Waals surface area contributed by atoms with Crippen LogP contribution in [0, 0.1) is 16.6 Å². The molecule has 0 spiro atoms. The minimum Gasteiger partial charge on any atom is -0.298 e. The minimum absolute atomic E-state index is 0.288. The van der Waals surface area contributed by atoms with Gasteiger partial charge in [-0.25, -0.2) is 0 Å². The zero-order valence-electron chi connectivity index (χ0n) is 6.88. The first-order valence-corrected chi connectivity index (χ1v) is 5.19. The number of carbonyl (C=O) groups excluding carboxylic acids is 1. The third-order valence-electron chi connectivity index (χ3n) is 3.14. The van der Waals surface area contributed by atoms with Crippen molar-refractivity contribution < 1.29 is 4.79 Å². The van der Waals surface area contributed by atoms with E-state index in [4.69, 9.17) is 5.26 Å². The monoisotopic (exact) mass is 181 g/mol. The van der Waals surface area contributed by atoms with Crippen molar-refractivity contribution in [1.82, 2.24) is 0 Å². The molecule has 3 fully saturated rings. The number of nitrogens with zero attached hydrogens (tertiary/aromatic N) is 1. The summed E-state index contributed by atoms with van der Waals surface area (Å²) < 4.78 is -0.288. The fourth-order valence-corrected chi connectivity index (χ4v) is 3.13. The highest BCUT2D eigenvalue weighted by Gasteiger charge is 2.47. The molecule has 0 aromatic heterocycles. The van der Waals surface area contributed by atoms with Gasteiger partial charge in [0.2, 0.25) is 0 Å². The highest BCUT2D eigenvalue weighted by molar-refractivity contribution is 8.05. The van der Waals surface area contributed by atoms with Crippen LogP contribution in [-0.4, -0.2) is 10.5 Å². The number of hydrogen-bond donors (Lipinski definition) is 0. The molecule has 64 valence electrons. The molecule has 3 aliphatic carbocycles. The summed E-state index contributed by atoms with van der Waals surface area (Å²) in [6.07, 6.45) is 4.92. The first-order chi connectivity index (χ1) is 5.77. The zero-order valence-corrected chi connectivity index (χ0v) is 7.69. The zero-order chi connectivity index (χ0) is 8.60. The van der Waals surface area contributed by atoms with E-state index in [2.05, 4.69) is 5.40 Å². The molecule has 0 N–H and O–H groups in total. The second-order valence-corrected chi connectivity index (χ2v) is 4.93. The van der Waals surface area contributed by atoms with E-state index in [1.165, 1.54) is 11.8 Å². The number of rotatable bonds is 1. The van der Waals surface area contributed by atoms with Gasteiger partial charge in [0.05, 0.1) is 4.75 Å². The quantitative estimate of drug-likeness (QED) is 0.582. The van der Waals surface area contributed by atoms with Crippen LogP contribution in [0.25, 0.3) is 0 Å². The van der Waals surface area contributed by atoms with Crippen LogP contribution in [0.15, 0.2) is 0 Å². The molecule has 0 aliphatic heterocycles. The Labute approximate surface area is 76.3 Å². The van der Waals surface area contributed by atoms with Crippen LogP contribution < -0.4 is 0 Å². The first kappa shape index (κ1) is 8.12. The fourth-order valence-electron chi connectivity index (χ4n) is 2.32. The lowest BCUT2D eigenvalue weighted by molar-refractivity contribution is -0.126. The van der Waals surface area contributed by atoms with Crippen LogP contribution in [0.2, 0.25) is 0 Å². The van der Waals surface area contributed by atoms with Gasteiger partial charge < -0.3 is 0 Å². The Balaban J connectivity index is 2.21. The maximum Gasteiger partial charge on any atom is 0.150 e. The number of ketones is 1. The molecule has 0 heterocycles. The fraction of sp³-hybridized carbons (Fsp3) is 0.778. The summed E-state index contributed by atoms with van der Waals surface area (Å²) in [5.41, 5.74) is 0. The summed E-state index contributed by atoms with van der Waals surface area (Å²) >= 11 is 1.20. The molecular formula is C9H11NOS. The Morgan fingerprint density at radius 2 is 2.17 bits per heavy atom. The molecule has 3 heteroatoms. The molecule has 12 heavy (non-hydrogen) atoms. The molecule has 3 saturated carbocycles. The van der Waals surface area contributed by atoms with E-state index in [0.29, 0.717) is 11.7 Å². The third-order valence-corrected chi connectivity index (χ3v) is 4.25. The van der Waals surface area contributed by atoms with E-state index in [1.54, 1.807) is 0 Å². The summed E-state index contributed by atoms with van der Waals surface area (Å²) in [7, 11) is 0. The molecule has 3 rings (SSSR count). The number of nitriles is 1. The Morgan fingerprint density at radius 3 is 2.67 bits per heavy atom. The van der Waals surface area contributed by atoms with Gasteiger partial charge in [0.25, 0.3) is 0 Å². The van der Waals surface area contributed by atoms with E-state index >= 15 is 0 Å². The van der Waals surface area contributed by atoms with Crippen LogP contribution in [-0.2, 0) is 4.79 Å². The van der Waals surface area contributed by atoms with E-state index in [9.17, 15) is 4.79 Å². The van der Waals surface area contributed by atoms with Crippen LogP contribution in [0.3, 0.4) is 0 Å². The topological polar surface area (TPSA) is 40.9 Å². The average Bonchev–Trinajstić information content (AvgIpc) is 2.08. The second kappa shape index (κ2) is 2.77. The van der Waals surface area contributed by atoms with Crippen molar-refractivity contribution in [3.63, 3.8) is 0 Å². The van der Waals surface area contributed by atoms with Crippen molar-refractivity contribution in [2.24, 2.45) is 5.92 Å². The second-order valence-electron chi connectivity index (χ2n) is 3.76. The summed E-state index contributed by atoms with van der Waals surface area (Å²) in [6, 6.07) is 0. The summed E-state index contributed by atoms with van der Waals surface area (Å²) in [5, 5.41) is 10.7. The standard InChI is InChI=1S/C9H11NOS/c10-6-12-9-3-1-7(2-4-9)5-8(9)11/h7H,1-5H2. The van der Waals surface area contributed by atoms with Gasteiger partial charge in [0.1, 0.15) is 11.2 Å². The Kier molecular flexibility index (Phi) is 1.88. The predicted octanol–water partition coefficient (Wildman–Crippen LogP) is 2.10. The van der Waals surface area contributed by atoms with Crippen molar-refractivity contribution in [3.8, 4) is 5.40 Å². The van der Waals surface area contributed by atoms with E-state index < -0.39 is 0 Å². The SMILES string of the molecule is N#CSC12CCC(CC1)CC2=O. The maximum atomic E-state index is 11.6. The maximum absolute atomic E-state index is 11.6. The Hall–Kier alpha value is -0.490. The molecule has 0 aromatic carbocycles. The molecule has 0 saturated heterocycles. The van der Waals surface area contributed by atoms with Gasteiger partial charge in [-0.1, -0.05) is 0 Å². The van der Waals surface area contributed by atoms with E-state index in [1.807, 2.05) is 0 Å². The van der Waals surface area contributed by atoms with Gasteiger partial charge in [-0.15, -0.1) is 0 Å². The van der Waals surface area contributed by atoms with Crippen LogP contribution >= 0.6 is 11.8 Å². The van der Waals surface area contributed by atoms with Crippen molar-refractivity contribution in [3.05, 3.63) is 0 Å². The van der Waals surface area contributed by atoms with Crippen LogP contribution in [0.1, 0.15) is 32.1 Å². The highest BCUT2D eigenvalue weighted by atomic mass is 32.2. The number of thioether (sulfide) groups is 1. The lowest BCUT2D eigenvalue weighted by Crippen LogP contribution is -2.45. The number of thiocyanates is 1. The highest BCUT2D eigenvalue weighted by Crippen LogP contribution is 2.49. The van der Waals surface area contributed by atoms with Gasteiger partial charge >= 0.3 is 0 Å². The number of Topliss-reactive ketones (excluding diaryl/α,β-unsaturated/α-hetero) is 1. The molecule has 0 radical (unpaired) electrons. The Morgan fingerprint density at radius 1 is 1.50 bits per heavy atom. The largest absolute Gasteiger partial charge is 0.298 e. The summed E-state index contributed by atoms with van der Waals surface area (Å²) in [5.74, 6) is 0.968. The van der Waals surface area contributed by atoms with Crippen molar-refractivity contribution in [2.75, 3.05) is 0 Å². The van der Waals surface area contributed by atoms with E-state index in [0.717, 1.165) is 32.1 Å². The molecule has 2 nitrogen and oxygen atoms in total. The van der Waals surface area contributed by atoms with Crippen LogP contribution in [0.5, 0.6) is 0 Å². The minimum atomic E-state index is -0.288. The molecule has 0 amide bonds. The molecule has 0 aromatic rings. The van der Waals surface area contributed by atoms with Crippen LogP contribution in [0.4, 0.5) is 0 Å². The van der Waals surface area contributed by atoms with Crippen molar-refractivity contribution in [1.29, 1.82) is 5.26 Å². The molecular weight excluding hydrogens is 170 g/mol. The van der Waals surface area contributed by atoms with Gasteiger partial charge in [0.15, 0.2) is 0 Å².